The Bertz CT molecular complexity index is 553. The molecule has 2 aromatic rings. The highest BCUT2D eigenvalue weighted by Crippen LogP contribution is 2.10. The van der Waals surface area contributed by atoms with Crippen molar-refractivity contribution in [1.82, 2.24) is 24.6 Å². The van der Waals surface area contributed by atoms with E-state index in [9.17, 15) is 0 Å². The lowest BCUT2D eigenvalue weighted by Crippen LogP contribution is -2.34. The van der Waals surface area contributed by atoms with Crippen molar-refractivity contribution in [3.8, 4) is 0 Å². The highest BCUT2D eigenvalue weighted by molar-refractivity contribution is 9.10. The number of nitrogens with one attached hydrogen (secondary N) is 1. The standard InChI is InChI=1S/C14H22BrN5/c1-4-11(2)19(3)6-5-16-7-12-8-18-14-9-17-13(15)10-20(12)14/h8-11,16H,4-7H2,1-3H3. The Labute approximate surface area is 128 Å². The number of imidazole rings is 1. The molecule has 1 atom stereocenters. The highest BCUT2D eigenvalue weighted by Gasteiger charge is 2.07. The predicted molar refractivity (Wildman–Crippen MR) is 84.8 cm³/mol. The molecule has 0 saturated heterocycles. The van der Waals surface area contributed by atoms with E-state index in [1.165, 1.54) is 6.42 Å². The molecule has 0 spiro atoms. The minimum absolute atomic E-state index is 0.634. The average Bonchev–Trinajstić information content (AvgIpc) is 2.84. The molecule has 0 bridgehead atoms. The van der Waals surface area contributed by atoms with Crippen LogP contribution >= 0.6 is 15.9 Å². The zero-order chi connectivity index (χ0) is 14.5. The monoisotopic (exact) mass is 339 g/mol. The van der Waals surface area contributed by atoms with Gasteiger partial charge in [0.15, 0.2) is 5.65 Å². The van der Waals surface area contributed by atoms with Crippen molar-refractivity contribution in [3.63, 3.8) is 0 Å². The van der Waals surface area contributed by atoms with Crippen molar-refractivity contribution in [3.05, 3.63) is 28.9 Å². The second-order valence-electron chi connectivity index (χ2n) is 5.10. The smallest absolute Gasteiger partial charge is 0.155 e. The van der Waals surface area contributed by atoms with E-state index >= 15 is 0 Å². The first-order chi connectivity index (χ1) is 9.61. The SMILES string of the molecule is CCC(C)N(C)CCNCc1cnc2cnc(Br)cn12. The molecule has 2 heterocycles. The Morgan fingerprint density at radius 2 is 2.20 bits per heavy atom. The lowest BCUT2D eigenvalue weighted by Gasteiger charge is -2.23. The van der Waals surface area contributed by atoms with Crippen molar-refractivity contribution in [1.29, 1.82) is 0 Å². The minimum Gasteiger partial charge on any atom is -0.310 e. The summed E-state index contributed by atoms with van der Waals surface area (Å²) in [7, 11) is 2.17. The number of hydrogen-bond acceptors (Lipinski definition) is 4. The first kappa shape index (κ1) is 15.4. The normalized spacial score (nSPS) is 13.2. The third kappa shape index (κ3) is 3.77. The maximum absolute atomic E-state index is 4.34. The van der Waals surface area contributed by atoms with Gasteiger partial charge in [0.2, 0.25) is 0 Å². The number of nitrogens with zero attached hydrogens (tertiary/aromatic N) is 4. The molecule has 0 radical (unpaired) electrons. The fourth-order valence-corrected chi connectivity index (χ4v) is 2.36. The molecule has 0 aliphatic heterocycles. The molecule has 1 unspecified atom stereocenters. The Hall–Kier alpha value is -0.980. The number of likely N-dealkylation sites (N-methyl/N-ethyl adjacent to an activating group) is 1. The highest BCUT2D eigenvalue weighted by atomic mass is 79.9. The van der Waals surface area contributed by atoms with Crippen molar-refractivity contribution in [2.24, 2.45) is 0 Å². The van der Waals surface area contributed by atoms with Crippen LogP contribution < -0.4 is 5.32 Å². The van der Waals surface area contributed by atoms with Gasteiger partial charge in [-0.2, -0.15) is 0 Å². The molecule has 0 aromatic carbocycles. The van der Waals surface area contributed by atoms with Crippen molar-refractivity contribution >= 4 is 21.6 Å². The van der Waals surface area contributed by atoms with E-state index < -0.39 is 0 Å². The molecule has 6 heteroatoms. The zero-order valence-electron chi connectivity index (χ0n) is 12.3. The number of aromatic nitrogens is 3. The summed E-state index contributed by atoms with van der Waals surface area (Å²) in [4.78, 5) is 10.9. The fraction of sp³-hybridized carbons (Fsp3) is 0.571. The molecule has 2 aromatic heterocycles. The summed E-state index contributed by atoms with van der Waals surface area (Å²) in [5.41, 5.74) is 2.02. The van der Waals surface area contributed by atoms with Gasteiger partial charge in [-0.25, -0.2) is 9.97 Å². The molecular formula is C14H22BrN5. The van der Waals surface area contributed by atoms with Gasteiger partial charge in [-0.05, 0) is 36.3 Å². The van der Waals surface area contributed by atoms with Crippen molar-refractivity contribution in [2.75, 3.05) is 20.1 Å². The molecule has 2 rings (SSSR count). The lowest BCUT2D eigenvalue weighted by molar-refractivity contribution is 0.251. The third-order valence-electron chi connectivity index (χ3n) is 3.73. The van der Waals surface area contributed by atoms with Crippen LogP contribution in [0.2, 0.25) is 0 Å². The van der Waals surface area contributed by atoms with Crippen molar-refractivity contribution in [2.45, 2.75) is 32.9 Å². The number of halogens is 1. The molecule has 0 aliphatic rings. The predicted octanol–water partition coefficient (Wildman–Crippen LogP) is 2.31. The molecular weight excluding hydrogens is 318 g/mol. The Kier molecular flexibility index (Phi) is 5.51. The maximum atomic E-state index is 4.34. The van der Waals surface area contributed by atoms with Crippen LogP contribution in [0.5, 0.6) is 0 Å². The molecule has 0 aliphatic carbocycles. The first-order valence-electron chi connectivity index (χ1n) is 7.00. The fourth-order valence-electron chi connectivity index (χ4n) is 2.05. The Morgan fingerprint density at radius 3 is 2.95 bits per heavy atom. The van der Waals surface area contributed by atoms with Gasteiger partial charge in [-0.1, -0.05) is 6.92 Å². The van der Waals surface area contributed by atoms with E-state index in [0.717, 1.165) is 35.6 Å². The molecule has 1 N–H and O–H groups in total. The topological polar surface area (TPSA) is 45.5 Å². The second-order valence-corrected chi connectivity index (χ2v) is 5.91. The number of fused-ring (bicyclic) bond motifs is 1. The number of hydrogen-bond donors (Lipinski definition) is 1. The van der Waals surface area contributed by atoms with Gasteiger partial charge in [-0.15, -0.1) is 0 Å². The summed E-state index contributed by atoms with van der Waals surface area (Å²) >= 11 is 3.39. The van der Waals surface area contributed by atoms with Crippen LogP contribution in [0.4, 0.5) is 0 Å². The van der Waals surface area contributed by atoms with Gasteiger partial charge in [0, 0.05) is 31.9 Å². The summed E-state index contributed by atoms with van der Waals surface area (Å²) < 4.78 is 2.88. The third-order valence-corrected chi connectivity index (χ3v) is 4.14. The van der Waals surface area contributed by atoms with E-state index in [1.807, 2.05) is 12.4 Å². The van der Waals surface area contributed by atoms with Gasteiger partial charge in [0.05, 0.1) is 18.1 Å². The quantitative estimate of drug-likeness (QED) is 0.786. The summed E-state index contributed by atoms with van der Waals surface area (Å²) in [6, 6.07) is 0.634. The van der Waals surface area contributed by atoms with E-state index in [4.69, 9.17) is 0 Å². The van der Waals surface area contributed by atoms with Crippen LogP contribution in [0.3, 0.4) is 0 Å². The minimum atomic E-state index is 0.634. The van der Waals surface area contributed by atoms with Crippen LogP contribution in [0.15, 0.2) is 23.2 Å². The van der Waals surface area contributed by atoms with Crippen LogP contribution in [0, 0.1) is 0 Å². The summed E-state index contributed by atoms with van der Waals surface area (Å²) in [5, 5.41) is 3.47. The molecule has 5 nitrogen and oxygen atoms in total. The van der Waals surface area contributed by atoms with Gasteiger partial charge in [0.25, 0.3) is 0 Å². The Morgan fingerprint density at radius 1 is 1.40 bits per heavy atom. The summed E-state index contributed by atoms with van der Waals surface area (Å²) in [5.74, 6) is 0. The largest absolute Gasteiger partial charge is 0.310 e. The second kappa shape index (κ2) is 7.15. The van der Waals surface area contributed by atoms with E-state index in [0.29, 0.717) is 6.04 Å². The van der Waals surface area contributed by atoms with Crippen LogP contribution in [-0.4, -0.2) is 45.4 Å². The van der Waals surface area contributed by atoms with Gasteiger partial charge < -0.3 is 10.2 Å². The van der Waals surface area contributed by atoms with Crippen molar-refractivity contribution < 1.29 is 0 Å². The van der Waals surface area contributed by atoms with Crippen LogP contribution in [-0.2, 0) is 6.54 Å². The molecule has 20 heavy (non-hydrogen) atoms. The van der Waals surface area contributed by atoms with E-state index in [2.05, 4.69) is 61.4 Å². The van der Waals surface area contributed by atoms with Gasteiger partial charge >= 0.3 is 0 Å². The van der Waals surface area contributed by atoms with Crippen LogP contribution in [0.1, 0.15) is 26.0 Å². The van der Waals surface area contributed by atoms with Crippen LogP contribution in [0.25, 0.3) is 5.65 Å². The molecule has 0 amide bonds. The maximum Gasteiger partial charge on any atom is 0.155 e. The molecule has 0 saturated carbocycles. The average molecular weight is 340 g/mol. The number of rotatable bonds is 7. The summed E-state index contributed by atoms with van der Waals surface area (Å²) in [6.07, 6.45) is 6.80. The molecule has 0 fully saturated rings. The van der Waals surface area contributed by atoms with Gasteiger partial charge in [-0.3, -0.25) is 4.40 Å². The van der Waals surface area contributed by atoms with E-state index in [1.54, 1.807) is 6.20 Å². The molecule has 110 valence electrons. The van der Waals surface area contributed by atoms with E-state index in [-0.39, 0.29) is 0 Å². The lowest BCUT2D eigenvalue weighted by atomic mass is 10.2. The zero-order valence-corrected chi connectivity index (χ0v) is 13.9. The Balaban J connectivity index is 1.86. The first-order valence-corrected chi connectivity index (χ1v) is 7.79. The van der Waals surface area contributed by atoms with Gasteiger partial charge in [0.1, 0.15) is 4.60 Å². The summed E-state index contributed by atoms with van der Waals surface area (Å²) in [6.45, 7) is 7.32.